The number of unbranched alkanes of at least 4 members (excludes halogenated alkanes) is 3. The third kappa shape index (κ3) is 9.30. The first-order valence-corrected chi connectivity index (χ1v) is 18.5. The SMILES string of the molecule is CCC[CH2][Sn]([CH2]/C=C/CCc1ccccc1)([CH2]CCC)[CH2]CCC. The van der Waals surface area contributed by atoms with Gasteiger partial charge in [-0.15, -0.1) is 0 Å². The van der Waals surface area contributed by atoms with E-state index in [0.29, 0.717) is 0 Å². The Balaban J connectivity index is 2.55. The second kappa shape index (κ2) is 14.0. The van der Waals surface area contributed by atoms with Gasteiger partial charge < -0.3 is 0 Å². The van der Waals surface area contributed by atoms with Crippen LogP contribution in [-0.2, 0) is 6.42 Å². The number of aryl methyl sites for hydroxylation is 1. The third-order valence-corrected chi connectivity index (χ3v) is 20.6. The van der Waals surface area contributed by atoms with Crippen molar-refractivity contribution in [3.8, 4) is 0 Å². The van der Waals surface area contributed by atoms with Gasteiger partial charge in [-0.3, -0.25) is 0 Å². The molecule has 136 valence electrons. The molecular weight excluding hydrogens is 395 g/mol. The van der Waals surface area contributed by atoms with Crippen LogP contribution in [0.1, 0.15) is 71.3 Å². The van der Waals surface area contributed by atoms with Crippen LogP contribution in [-0.4, -0.2) is 18.4 Å². The van der Waals surface area contributed by atoms with Gasteiger partial charge in [0.1, 0.15) is 0 Å². The van der Waals surface area contributed by atoms with Gasteiger partial charge in [-0.1, -0.05) is 0 Å². The zero-order valence-electron chi connectivity index (χ0n) is 16.5. The fourth-order valence-electron chi connectivity index (χ4n) is 3.68. The second-order valence-electron chi connectivity index (χ2n) is 7.51. The Labute approximate surface area is 156 Å². The maximum atomic E-state index is 2.60. The summed E-state index contributed by atoms with van der Waals surface area (Å²) in [5.41, 5.74) is 1.47. The zero-order chi connectivity index (χ0) is 17.5. The van der Waals surface area contributed by atoms with Gasteiger partial charge in [-0.2, -0.15) is 0 Å². The second-order valence-corrected chi connectivity index (χ2v) is 21.5. The van der Waals surface area contributed by atoms with Gasteiger partial charge in [0.2, 0.25) is 0 Å². The number of rotatable bonds is 14. The molecule has 1 aromatic carbocycles. The summed E-state index contributed by atoms with van der Waals surface area (Å²) in [5.74, 6) is 0. The average molecular weight is 435 g/mol. The van der Waals surface area contributed by atoms with Crippen LogP contribution in [0.5, 0.6) is 0 Å². The van der Waals surface area contributed by atoms with Gasteiger partial charge >= 0.3 is 156 Å². The average Bonchev–Trinajstić information content (AvgIpc) is 2.63. The first-order valence-electron chi connectivity index (χ1n) is 10.4. The molecule has 1 aromatic rings. The summed E-state index contributed by atoms with van der Waals surface area (Å²) < 4.78 is 6.40. The van der Waals surface area contributed by atoms with Crippen LogP contribution in [0.3, 0.4) is 0 Å². The number of benzene rings is 1. The quantitative estimate of drug-likeness (QED) is 0.205. The van der Waals surface area contributed by atoms with E-state index in [-0.39, 0.29) is 0 Å². The third-order valence-electron chi connectivity index (χ3n) is 5.34. The van der Waals surface area contributed by atoms with Crippen molar-refractivity contribution < 1.29 is 0 Å². The molecule has 1 heteroatoms. The summed E-state index contributed by atoms with van der Waals surface area (Å²) in [6.07, 6.45) is 16.1. The Morgan fingerprint density at radius 2 is 1.29 bits per heavy atom. The molecule has 0 atom stereocenters. The van der Waals surface area contributed by atoms with E-state index in [9.17, 15) is 0 Å². The molecule has 0 amide bonds. The molecule has 0 aliphatic carbocycles. The van der Waals surface area contributed by atoms with E-state index in [0.717, 1.165) is 0 Å². The zero-order valence-corrected chi connectivity index (χ0v) is 19.4. The van der Waals surface area contributed by atoms with E-state index in [2.05, 4.69) is 63.3 Å². The molecule has 0 aromatic heterocycles. The van der Waals surface area contributed by atoms with Crippen LogP contribution >= 0.6 is 0 Å². The summed E-state index contributed by atoms with van der Waals surface area (Å²) in [6.45, 7) is 7.10. The van der Waals surface area contributed by atoms with Gasteiger partial charge in [-0.05, 0) is 0 Å². The fraction of sp³-hybridized carbons (Fsp3) is 0.652. The molecule has 0 saturated heterocycles. The molecule has 0 aliphatic heterocycles. The van der Waals surface area contributed by atoms with Gasteiger partial charge in [0.15, 0.2) is 0 Å². The van der Waals surface area contributed by atoms with Crippen LogP contribution in [0.2, 0.25) is 17.7 Å². The summed E-state index contributed by atoms with van der Waals surface area (Å²) in [6, 6.07) is 10.9. The molecule has 0 nitrogen and oxygen atoms in total. The standard InChI is InChI=1S/C11H13.3C4H9.Sn/c1-2-3-5-8-11-9-6-4-7-10-11;3*1-3-4-2;/h2-4,6-7,9-10H,1,5,8H2;3*1,3-4H2,2H3;/b3-2+;;;;. The van der Waals surface area contributed by atoms with Crippen LogP contribution in [0.25, 0.3) is 0 Å². The van der Waals surface area contributed by atoms with E-state index in [1.54, 1.807) is 13.3 Å². The van der Waals surface area contributed by atoms with Crippen LogP contribution in [0.4, 0.5) is 0 Å². The van der Waals surface area contributed by atoms with E-state index in [1.807, 2.05) is 0 Å². The Bertz CT molecular complexity index is 399. The maximum absolute atomic E-state index is 2.60. The normalized spacial score (nSPS) is 12.1. The van der Waals surface area contributed by atoms with Crippen molar-refractivity contribution in [2.45, 2.75) is 89.9 Å². The van der Waals surface area contributed by atoms with Crippen molar-refractivity contribution in [3.05, 3.63) is 48.0 Å². The molecule has 1 rings (SSSR count). The Kier molecular flexibility index (Phi) is 12.7. The van der Waals surface area contributed by atoms with Gasteiger partial charge in [0.25, 0.3) is 0 Å². The molecule has 0 bridgehead atoms. The molecule has 0 heterocycles. The molecule has 0 N–H and O–H groups in total. The van der Waals surface area contributed by atoms with Crippen molar-refractivity contribution in [3.63, 3.8) is 0 Å². The monoisotopic (exact) mass is 436 g/mol. The Hall–Kier alpha value is -0.241. The van der Waals surface area contributed by atoms with Crippen LogP contribution in [0.15, 0.2) is 42.5 Å². The van der Waals surface area contributed by atoms with Crippen LogP contribution in [0, 0.1) is 0 Å². The number of allylic oxidation sites excluding steroid dienone is 2. The molecular formula is C23H40Sn. The Morgan fingerprint density at radius 1 is 0.750 bits per heavy atom. The molecule has 24 heavy (non-hydrogen) atoms. The van der Waals surface area contributed by atoms with Crippen molar-refractivity contribution in [1.82, 2.24) is 0 Å². The summed E-state index contributed by atoms with van der Waals surface area (Å²) in [5, 5.41) is 0. The van der Waals surface area contributed by atoms with Gasteiger partial charge in [-0.25, -0.2) is 0 Å². The minimum absolute atomic E-state index is 1.19. The van der Waals surface area contributed by atoms with Gasteiger partial charge in [0, 0.05) is 0 Å². The minimum atomic E-state index is -1.92. The van der Waals surface area contributed by atoms with Crippen molar-refractivity contribution in [2.24, 2.45) is 0 Å². The molecule has 0 fully saturated rings. The number of hydrogen-bond acceptors (Lipinski definition) is 0. The summed E-state index contributed by atoms with van der Waals surface area (Å²) >= 11 is -1.92. The predicted octanol–water partition coefficient (Wildman–Crippen LogP) is 8.02. The summed E-state index contributed by atoms with van der Waals surface area (Å²) in [4.78, 5) is 0. The first kappa shape index (κ1) is 21.8. The van der Waals surface area contributed by atoms with Crippen molar-refractivity contribution in [1.29, 1.82) is 0 Å². The van der Waals surface area contributed by atoms with E-state index in [4.69, 9.17) is 0 Å². The fourth-order valence-corrected chi connectivity index (χ4v) is 18.9. The topological polar surface area (TPSA) is 0 Å². The number of hydrogen-bond donors (Lipinski definition) is 0. The van der Waals surface area contributed by atoms with E-state index < -0.39 is 18.4 Å². The molecule has 0 spiro atoms. The molecule has 0 unspecified atom stereocenters. The van der Waals surface area contributed by atoms with Gasteiger partial charge in [0.05, 0.1) is 0 Å². The van der Waals surface area contributed by atoms with E-state index in [1.165, 1.54) is 61.4 Å². The Morgan fingerprint density at radius 3 is 1.79 bits per heavy atom. The first-order chi connectivity index (χ1) is 11.8. The van der Waals surface area contributed by atoms with Crippen LogP contribution < -0.4 is 0 Å². The van der Waals surface area contributed by atoms with E-state index >= 15 is 0 Å². The predicted molar refractivity (Wildman–Crippen MR) is 114 cm³/mol. The molecule has 0 radical (unpaired) electrons. The molecule has 0 saturated carbocycles. The van der Waals surface area contributed by atoms with Crippen molar-refractivity contribution in [2.75, 3.05) is 0 Å². The summed E-state index contributed by atoms with van der Waals surface area (Å²) in [7, 11) is 0. The van der Waals surface area contributed by atoms with Crippen molar-refractivity contribution >= 4 is 18.4 Å². The molecule has 0 aliphatic rings.